The molecule has 0 aliphatic rings. The van der Waals surface area contributed by atoms with E-state index in [9.17, 15) is 8.78 Å². The number of hydrogen-bond donors (Lipinski definition) is 1. The van der Waals surface area contributed by atoms with Crippen LogP contribution in [0.4, 0.5) is 14.6 Å². The third-order valence-corrected chi connectivity index (χ3v) is 2.56. The van der Waals surface area contributed by atoms with Crippen molar-refractivity contribution < 1.29 is 8.78 Å². The van der Waals surface area contributed by atoms with E-state index in [4.69, 9.17) is 5.73 Å². The summed E-state index contributed by atoms with van der Waals surface area (Å²) >= 11 is 2.91. The Labute approximate surface area is 86.6 Å². The second-order valence-electron chi connectivity index (χ2n) is 2.89. The van der Waals surface area contributed by atoms with Crippen LogP contribution in [0.5, 0.6) is 0 Å². The number of nitrogen functional groups attached to an aromatic ring is 1. The van der Waals surface area contributed by atoms with Crippen molar-refractivity contribution in [2.75, 3.05) is 5.73 Å². The maximum Gasteiger partial charge on any atom is 0.163 e. The van der Waals surface area contributed by atoms with Gasteiger partial charge in [0.1, 0.15) is 11.3 Å². The molecule has 1 heterocycles. The number of fused-ring (bicyclic) bond motifs is 1. The maximum absolute atomic E-state index is 13.5. The van der Waals surface area contributed by atoms with Crippen LogP contribution >= 0.6 is 15.9 Å². The second kappa shape index (κ2) is 2.91. The molecule has 1 aromatic heterocycles. The lowest BCUT2D eigenvalue weighted by atomic mass is 10.2. The zero-order valence-corrected chi connectivity index (χ0v) is 8.77. The molecule has 2 aromatic rings. The Balaban J connectivity index is 3.05. The number of halogens is 3. The molecule has 0 bridgehead atoms. The third kappa shape index (κ3) is 1.10. The highest BCUT2D eigenvalue weighted by Gasteiger charge is 2.17. The summed E-state index contributed by atoms with van der Waals surface area (Å²) in [6.07, 6.45) is 0. The quantitative estimate of drug-likeness (QED) is 0.739. The third-order valence-electron chi connectivity index (χ3n) is 1.98. The minimum absolute atomic E-state index is 0.00796. The first-order valence-electron chi connectivity index (χ1n) is 3.78. The van der Waals surface area contributed by atoms with E-state index in [-0.39, 0.29) is 21.2 Å². The molecule has 2 N–H and O–H groups in total. The Hall–Kier alpha value is -1.17. The standard InChI is InChI=1S/C8H6BrF2N3/c1-14-7-5(8(12)13-14)4(10)2-3(9)6(7)11/h2H,1H3,(H2,12,13). The molecule has 0 spiro atoms. The number of nitrogens with zero attached hydrogens (tertiary/aromatic N) is 2. The number of anilines is 1. The molecule has 74 valence electrons. The lowest BCUT2D eigenvalue weighted by Gasteiger charge is -1.99. The average molecular weight is 262 g/mol. The van der Waals surface area contributed by atoms with E-state index >= 15 is 0 Å². The molecule has 0 aliphatic heterocycles. The lowest BCUT2D eigenvalue weighted by molar-refractivity contribution is 0.604. The van der Waals surface area contributed by atoms with E-state index in [2.05, 4.69) is 21.0 Å². The van der Waals surface area contributed by atoms with Gasteiger partial charge < -0.3 is 5.73 Å². The molecule has 0 unspecified atom stereocenters. The number of aromatic nitrogens is 2. The first-order valence-corrected chi connectivity index (χ1v) is 4.57. The Morgan fingerprint density at radius 1 is 1.50 bits per heavy atom. The zero-order chi connectivity index (χ0) is 10.5. The molecule has 0 radical (unpaired) electrons. The van der Waals surface area contributed by atoms with Crippen molar-refractivity contribution in [3.8, 4) is 0 Å². The number of hydrogen-bond acceptors (Lipinski definition) is 2. The predicted molar refractivity (Wildman–Crippen MR) is 52.7 cm³/mol. The predicted octanol–water partition coefficient (Wildman–Crippen LogP) is 2.20. The van der Waals surface area contributed by atoms with Crippen molar-refractivity contribution in [3.05, 3.63) is 22.2 Å². The molecule has 0 fully saturated rings. The fourth-order valence-electron chi connectivity index (χ4n) is 1.39. The van der Waals surface area contributed by atoms with Gasteiger partial charge in [0, 0.05) is 7.05 Å². The highest BCUT2D eigenvalue weighted by molar-refractivity contribution is 9.10. The Morgan fingerprint density at radius 2 is 2.14 bits per heavy atom. The van der Waals surface area contributed by atoms with Gasteiger partial charge in [0.15, 0.2) is 11.6 Å². The van der Waals surface area contributed by atoms with Crippen LogP contribution in [-0.4, -0.2) is 9.78 Å². The van der Waals surface area contributed by atoms with Gasteiger partial charge in [0.05, 0.1) is 9.86 Å². The lowest BCUT2D eigenvalue weighted by Crippen LogP contribution is -1.94. The van der Waals surface area contributed by atoms with Crippen molar-refractivity contribution in [3.63, 3.8) is 0 Å². The minimum Gasteiger partial charge on any atom is -0.382 e. The maximum atomic E-state index is 13.5. The summed E-state index contributed by atoms with van der Waals surface area (Å²) in [6.45, 7) is 0. The van der Waals surface area contributed by atoms with Crippen molar-refractivity contribution in [1.29, 1.82) is 0 Å². The zero-order valence-electron chi connectivity index (χ0n) is 7.18. The van der Waals surface area contributed by atoms with E-state index in [1.165, 1.54) is 11.7 Å². The molecule has 1 aromatic carbocycles. The van der Waals surface area contributed by atoms with Crippen LogP contribution in [-0.2, 0) is 7.05 Å². The summed E-state index contributed by atoms with van der Waals surface area (Å²) in [6, 6.07) is 1.04. The first kappa shape index (κ1) is 9.39. The highest BCUT2D eigenvalue weighted by Crippen LogP contribution is 2.30. The van der Waals surface area contributed by atoms with Crippen LogP contribution in [0.3, 0.4) is 0 Å². The topological polar surface area (TPSA) is 43.8 Å². The van der Waals surface area contributed by atoms with Crippen molar-refractivity contribution in [2.24, 2.45) is 7.05 Å². The van der Waals surface area contributed by atoms with Gasteiger partial charge in [-0.1, -0.05) is 0 Å². The van der Waals surface area contributed by atoms with Gasteiger partial charge >= 0.3 is 0 Å². The first-order chi connectivity index (χ1) is 6.52. The molecule has 0 aliphatic carbocycles. The molecule has 0 atom stereocenters. The molecule has 6 heteroatoms. The van der Waals surface area contributed by atoms with Crippen LogP contribution < -0.4 is 5.73 Å². The van der Waals surface area contributed by atoms with Gasteiger partial charge in [-0.2, -0.15) is 5.10 Å². The van der Waals surface area contributed by atoms with E-state index in [1.807, 2.05) is 0 Å². The summed E-state index contributed by atoms with van der Waals surface area (Å²) in [7, 11) is 1.51. The van der Waals surface area contributed by atoms with Crippen LogP contribution in [0.2, 0.25) is 0 Å². The average Bonchev–Trinajstić information content (AvgIpc) is 2.38. The molecule has 2 rings (SSSR count). The monoisotopic (exact) mass is 261 g/mol. The van der Waals surface area contributed by atoms with Crippen molar-refractivity contribution in [1.82, 2.24) is 9.78 Å². The summed E-state index contributed by atoms with van der Waals surface area (Å²) in [5.41, 5.74) is 5.51. The van der Waals surface area contributed by atoms with Crippen molar-refractivity contribution >= 4 is 32.7 Å². The molecule has 0 saturated carbocycles. The van der Waals surface area contributed by atoms with Crippen LogP contribution in [0.15, 0.2) is 10.5 Å². The van der Waals surface area contributed by atoms with Crippen LogP contribution in [0, 0.1) is 11.6 Å². The molecular formula is C8H6BrF2N3. The highest BCUT2D eigenvalue weighted by atomic mass is 79.9. The molecule has 3 nitrogen and oxygen atoms in total. The van der Waals surface area contributed by atoms with E-state index in [0.717, 1.165) is 6.07 Å². The number of rotatable bonds is 0. The van der Waals surface area contributed by atoms with Crippen LogP contribution in [0.25, 0.3) is 10.9 Å². The Kier molecular flexibility index (Phi) is 1.95. The van der Waals surface area contributed by atoms with Crippen molar-refractivity contribution in [2.45, 2.75) is 0 Å². The molecule has 14 heavy (non-hydrogen) atoms. The summed E-state index contributed by atoms with van der Waals surface area (Å²) in [4.78, 5) is 0. The fourth-order valence-corrected chi connectivity index (χ4v) is 1.78. The number of benzene rings is 1. The Bertz CT molecular complexity index is 521. The van der Waals surface area contributed by atoms with Gasteiger partial charge in [-0.15, -0.1) is 0 Å². The largest absolute Gasteiger partial charge is 0.382 e. The summed E-state index contributed by atoms with van der Waals surface area (Å²) in [5.74, 6) is -1.15. The van der Waals surface area contributed by atoms with Gasteiger partial charge in [0.25, 0.3) is 0 Å². The molecule has 0 amide bonds. The second-order valence-corrected chi connectivity index (χ2v) is 3.74. The number of nitrogens with two attached hydrogens (primary N) is 1. The molecular weight excluding hydrogens is 256 g/mol. The number of aryl methyl sites for hydroxylation is 1. The Morgan fingerprint density at radius 3 is 2.79 bits per heavy atom. The van der Waals surface area contributed by atoms with E-state index in [1.54, 1.807) is 0 Å². The van der Waals surface area contributed by atoms with E-state index in [0.29, 0.717) is 0 Å². The van der Waals surface area contributed by atoms with E-state index < -0.39 is 11.6 Å². The smallest absolute Gasteiger partial charge is 0.163 e. The molecule has 0 saturated heterocycles. The minimum atomic E-state index is -0.584. The van der Waals surface area contributed by atoms with Gasteiger partial charge in [-0.3, -0.25) is 4.68 Å². The van der Waals surface area contributed by atoms with Gasteiger partial charge in [0.2, 0.25) is 0 Å². The normalized spacial score (nSPS) is 11.1. The fraction of sp³-hybridized carbons (Fsp3) is 0.125. The van der Waals surface area contributed by atoms with Gasteiger partial charge in [-0.05, 0) is 22.0 Å². The summed E-state index contributed by atoms with van der Waals surface area (Å²) < 4.78 is 28.2. The van der Waals surface area contributed by atoms with Crippen LogP contribution in [0.1, 0.15) is 0 Å². The van der Waals surface area contributed by atoms with Gasteiger partial charge in [-0.25, -0.2) is 8.78 Å². The summed E-state index contributed by atoms with van der Waals surface area (Å²) in [5, 5.41) is 3.77. The SMILES string of the molecule is Cn1nc(N)c2c(F)cc(Br)c(F)c21.